The van der Waals surface area contributed by atoms with E-state index in [1.54, 1.807) is 11.8 Å². The minimum absolute atomic E-state index is 0.220. The normalized spacial score (nSPS) is 15.3. The number of hydrogen-bond acceptors (Lipinski definition) is 4. The zero-order valence-corrected chi connectivity index (χ0v) is 11.9. The Morgan fingerprint density at radius 3 is 2.62 bits per heavy atom. The van der Waals surface area contributed by atoms with Crippen LogP contribution in [0.15, 0.2) is 30.3 Å². The Morgan fingerprint density at radius 2 is 1.95 bits per heavy atom. The van der Waals surface area contributed by atoms with Gasteiger partial charge in [0.05, 0.1) is 6.61 Å². The largest absolute Gasteiger partial charge is 0.465 e. The first kappa shape index (κ1) is 15.0. The van der Waals surface area contributed by atoms with Crippen molar-refractivity contribution in [1.29, 1.82) is 0 Å². The van der Waals surface area contributed by atoms with Crippen LogP contribution in [0, 0.1) is 0 Å². The van der Waals surface area contributed by atoms with Gasteiger partial charge in [0.2, 0.25) is 5.91 Å². The van der Waals surface area contributed by atoms with Gasteiger partial charge in [-0.25, -0.2) is 4.79 Å². The van der Waals surface area contributed by atoms with Gasteiger partial charge in [-0.3, -0.25) is 14.5 Å². The van der Waals surface area contributed by atoms with Crippen molar-refractivity contribution >= 4 is 17.9 Å². The monoisotopic (exact) mass is 290 g/mol. The third-order valence-corrected chi connectivity index (χ3v) is 3.21. The summed E-state index contributed by atoms with van der Waals surface area (Å²) < 4.78 is 4.79. The fourth-order valence-electron chi connectivity index (χ4n) is 2.18. The van der Waals surface area contributed by atoms with Gasteiger partial charge in [-0.2, -0.15) is 0 Å². The Balaban J connectivity index is 2.03. The summed E-state index contributed by atoms with van der Waals surface area (Å²) in [7, 11) is 0. The second-order valence-corrected chi connectivity index (χ2v) is 4.72. The van der Waals surface area contributed by atoms with Crippen molar-refractivity contribution in [1.82, 2.24) is 9.80 Å². The molecule has 6 heteroatoms. The van der Waals surface area contributed by atoms with Gasteiger partial charge in [0.15, 0.2) is 0 Å². The van der Waals surface area contributed by atoms with Crippen LogP contribution in [0.3, 0.4) is 0 Å². The quantitative estimate of drug-likeness (QED) is 0.769. The number of imide groups is 1. The molecule has 0 unspecified atom stereocenters. The smallest absolute Gasteiger partial charge is 0.327 e. The van der Waals surface area contributed by atoms with Crippen molar-refractivity contribution in [2.75, 3.05) is 19.7 Å². The van der Waals surface area contributed by atoms with E-state index in [-0.39, 0.29) is 25.5 Å². The van der Waals surface area contributed by atoms with Gasteiger partial charge in [0.1, 0.15) is 6.54 Å². The van der Waals surface area contributed by atoms with Gasteiger partial charge < -0.3 is 9.64 Å². The number of carbonyl (C=O) groups is 3. The van der Waals surface area contributed by atoms with Crippen LogP contribution in [0.25, 0.3) is 0 Å². The average molecular weight is 290 g/mol. The molecule has 1 heterocycles. The van der Waals surface area contributed by atoms with Gasteiger partial charge in [-0.1, -0.05) is 30.3 Å². The lowest BCUT2D eigenvalue weighted by molar-refractivity contribution is -0.148. The highest BCUT2D eigenvalue weighted by Crippen LogP contribution is 2.14. The predicted molar refractivity (Wildman–Crippen MR) is 75.2 cm³/mol. The van der Waals surface area contributed by atoms with E-state index in [1.807, 2.05) is 30.3 Å². The summed E-state index contributed by atoms with van der Waals surface area (Å²) in [5.74, 6) is -0.905. The molecule has 0 aromatic heterocycles. The first-order valence-corrected chi connectivity index (χ1v) is 6.90. The van der Waals surface area contributed by atoms with Crippen LogP contribution in [0.4, 0.5) is 4.79 Å². The van der Waals surface area contributed by atoms with Gasteiger partial charge in [0.25, 0.3) is 0 Å². The van der Waals surface area contributed by atoms with Crippen molar-refractivity contribution in [2.24, 2.45) is 0 Å². The van der Waals surface area contributed by atoms with Crippen LogP contribution >= 0.6 is 0 Å². The van der Waals surface area contributed by atoms with E-state index in [1.165, 1.54) is 0 Å². The van der Waals surface area contributed by atoms with Crippen LogP contribution in [0.2, 0.25) is 0 Å². The van der Waals surface area contributed by atoms with Crippen LogP contribution in [0.1, 0.15) is 18.9 Å². The van der Waals surface area contributed by atoms with Gasteiger partial charge in [0, 0.05) is 19.5 Å². The summed E-state index contributed by atoms with van der Waals surface area (Å²) in [6.07, 6.45) is 0.220. The molecule has 0 aliphatic carbocycles. The Kier molecular flexibility index (Phi) is 4.92. The number of ether oxygens (including phenoxy) is 1. The molecule has 0 spiro atoms. The van der Waals surface area contributed by atoms with Crippen molar-refractivity contribution < 1.29 is 19.1 Å². The number of nitrogens with zero attached hydrogens (tertiary/aromatic N) is 2. The number of hydrogen-bond donors (Lipinski definition) is 0. The van der Waals surface area contributed by atoms with Crippen LogP contribution in [-0.2, 0) is 20.9 Å². The molecule has 3 amide bonds. The lowest BCUT2D eigenvalue weighted by Gasteiger charge is -2.33. The molecule has 0 bridgehead atoms. The lowest BCUT2D eigenvalue weighted by Crippen LogP contribution is -2.53. The Bertz CT molecular complexity index is 530. The molecule has 0 saturated carbocycles. The standard InChI is InChI=1S/C15H18N2O4/c1-2-21-14(19)11-17-13(18)8-9-16(15(17)20)10-12-6-4-3-5-7-12/h3-7H,2,8-11H2,1H3. The van der Waals surface area contributed by atoms with E-state index in [2.05, 4.69) is 0 Å². The SMILES string of the molecule is CCOC(=O)CN1C(=O)CCN(Cc2ccccc2)C1=O. The summed E-state index contributed by atoms with van der Waals surface area (Å²) in [6, 6.07) is 9.08. The topological polar surface area (TPSA) is 66.9 Å². The fourth-order valence-corrected chi connectivity index (χ4v) is 2.18. The maximum absolute atomic E-state index is 12.3. The molecule has 0 radical (unpaired) electrons. The zero-order valence-electron chi connectivity index (χ0n) is 11.9. The summed E-state index contributed by atoms with van der Waals surface area (Å²) in [5.41, 5.74) is 0.983. The maximum Gasteiger partial charge on any atom is 0.327 e. The Hall–Kier alpha value is -2.37. The number of benzene rings is 1. The highest BCUT2D eigenvalue weighted by atomic mass is 16.5. The van der Waals surface area contributed by atoms with Crippen LogP contribution in [0.5, 0.6) is 0 Å². The Morgan fingerprint density at radius 1 is 1.24 bits per heavy atom. The highest BCUT2D eigenvalue weighted by Gasteiger charge is 2.33. The van der Waals surface area contributed by atoms with Gasteiger partial charge in [-0.05, 0) is 12.5 Å². The molecule has 1 aliphatic rings. The average Bonchev–Trinajstić information content (AvgIpc) is 2.48. The minimum Gasteiger partial charge on any atom is -0.465 e. The lowest BCUT2D eigenvalue weighted by atomic mass is 10.2. The third kappa shape index (κ3) is 3.81. The molecule has 1 aliphatic heterocycles. The first-order chi connectivity index (χ1) is 10.1. The number of urea groups is 1. The molecule has 0 N–H and O–H groups in total. The predicted octanol–water partition coefficient (Wildman–Crippen LogP) is 1.40. The molecular weight excluding hydrogens is 272 g/mol. The van der Waals surface area contributed by atoms with Crippen LogP contribution in [-0.4, -0.2) is 47.4 Å². The number of carbonyl (C=O) groups excluding carboxylic acids is 3. The summed E-state index contributed by atoms with van der Waals surface area (Å²) in [5, 5.41) is 0. The molecular formula is C15H18N2O4. The first-order valence-electron chi connectivity index (χ1n) is 6.90. The highest BCUT2D eigenvalue weighted by molar-refractivity contribution is 5.99. The van der Waals surface area contributed by atoms with E-state index < -0.39 is 12.0 Å². The summed E-state index contributed by atoms with van der Waals surface area (Å²) in [4.78, 5) is 38.1. The molecule has 112 valence electrons. The molecule has 0 atom stereocenters. The number of amides is 3. The van der Waals surface area contributed by atoms with Crippen molar-refractivity contribution in [3.63, 3.8) is 0 Å². The van der Waals surface area contributed by atoms with Crippen LogP contribution < -0.4 is 0 Å². The van der Waals surface area contributed by atoms with E-state index in [0.717, 1.165) is 10.5 Å². The van der Waals surface area contributed by atoms with Crippen molar-refractivity contribution in [3.8, 4) is 0 Å². The minimum atomic E-state index is -0.569. The zero-order chi connectivity index (χ0) is 15.2. The second-order valence-electron chi connectivity index (χ2n) is 4.72. The molecule has 21 heavy (non-hydrogen) atoms. The molecule has 1 aromatic rings. The Labute approximate surface area is 123 Å². The molecule has 1 saturated heterocycles. The van der Waals surface area contributed by atoms with Crippen molar-refractivity contribution in [3.05, 3.63) is 35.9 Å². The van der Waals surface area contributed by atoms with Crippen molar-refractivity contribution in [2.45, 2.75) is 19.9 Å². The van der Waals surface area contributed by atoms with E-state index >= 15 is 0 Å². The van der Waals surface area contributed by atoms with Gasteiger partial charge in [-0.15, -0.1) is 0 Å². The molecule has 1 aromatic carbocycles. The molecule has 6 nitrogen and oxygen atoms in total. The van der Waals surface area contributed by atoms with Gasteiger partial charge >= 0.3 is 12.0 Å². The second kappa shape index (κ2) is 6.88. The number of rotatable bonds is 5. The number of esters is 1. The molecule has 2 rings (SSSR count). The molecule has 1 fully saturated rings. The summed E-state index contributed by atoms with van der Waals surface area (Å²) in [6.45, 7) is 2.37. The third-order valence-electron chi connectivity index (χ3n) is 3.21. The van der Waals surface area contributed by atoms with E-state index in [4.69, 9.17) is 4.74 Å². The maximum atomic E-state index is 12.3. The van der Waals surface area contributed by atoms with E-state index in [0.29, 0.717) is 13.1 Å². The van der Waals surface area contributed by atoms with E-state index in [9.17, 15) is 14.4 Å². The summed E-state index contributed by atoms with van der Waals surface area (Å²) >= 11 is 0. The fraction of sp³-hybridized carbons (Fsp3) is 0.400.